The van der Waals surface area contributed by atoms with Gasteiger partial charge in [0.1, 0.15) is 0 Å². The third kappa shape index (κ3) is 3.82. The molecule has 4 rings (SSSR count). The van der Waals surface area contributed by atoms with E-state index in [0.29, 0.717) is 17.5 Å². The van der Waals surface area contributed by atoms with Crippen LogP contribution in [0.25, 0.3) is 11.1 Å². The van der Waals surface area contributed by atoms with E-state index in [-0.39, 0.29) is 17.4 Å². The van der Waals surface area contributed by atoms with E-state index < -0.39 is 0 Å². The van der Waals surface area contributed by atoms with Crippen LogP contribution in [-0.4, -0.2) is 42.5 Å². The zero-order valence-corrected chi connectivity index (χ0v) is 18.1. The summed E-state index contributed by atoms with van der Waals surface area (Å²) >= 11 is 6.15. The van der Waals surface area contributed by atoms with Crippen LogP contribution in [0, 0.1) is 5.41 Å². The number of rotatable bonds is 4. The minimum Gasteiger partial charge on any atom is -0.381 e. The lowest BCUT2D eigenvalue weighted by atomic mass is 9.68. The van der Waals surface area contributed by atoms with Gasteiger partial charge in [-0.3, -0.25) is 14.7 Å². The number of aliphatic imine (C=N–C) groups is 1. The van der Waals surface area contributed by atoms with Crippen molar-refractivity contribution in [1.82, 2.24) is 9.88 Å². The van der Waals surface area contributed by atoms with Gasteiger partial charge in [0.15, 0.2) is 5.96 Å². The predicted molar refractivity (Wildman–Crippen MR) is 118 cm³/mol. The van der Waals surface area contributed by atoms with Crippen LogP contribution < -0.4 is 5.73 Å². The number of carbonyl (C=O) groups is 1. The topological polar surface area (TPSA) is 80.8 Å². The number of methoxy groups -OCH3 is 1. The first-order chi connectivity index (χ1) is 14.5. The average Bonchev–Trinajstić information content (AvgIpc) is 3.05. The van der Waals surface area contributed by atoms with Crippen LogP contribution >= 0.6 is 11.6 Å². The Labute approximate surface area is 182 Å². The number of hydrogen-bond donors (Lipinski definition) is 1. The number of benzene rings is 1. The van der Waals surface area contributed by atoms with Crippen LogP contribution in [0.5, 0.6) is 0 Å². The number of hydrogen-bond acceptors (Lipinski definition) is 4. The van der Waals surface area contributed by atoms with E-state index in [1.807, 2.05) is 12.3 Å². The first-order valence-corrected chi connectivity index (χ1v) is 10.6. The van der Waals surface area contributed by atoms with Crippen LogP contribution in [0.4, 0.5) is 0 Å². The number of carbonyl (C=O) groups excluding carboxylic acids is 1. The molecule has 1 saturated carbocycles. The molecule has 1 atom stereocenters. The number of fused-ring (bicyclic) bond motifs is 1. The quantitative estimate of drug-likeness (QED) is 0.455. The number of pyridine rings is 1. The molecule has 1 fully saturated rings. The van der Waals surface area contributed by atoms with Gasteiger partial charge in [0.05, 0.1) is 17.2 Å². The molecular formula is C23H27ClN4O2. The van der Waals surface area contributed by atoms with Crippen LogP contribution in [0.15, 0.2) is 41.7 Å². The first kappa shape index (κ1) is 20.8. The second-order valence-corrected chi connectivity index (χ2v) is 8.82. The van der Waals surface area contributed by atoms with Crippen molar-refractivity contribution >= 4 is 24.0 Å². The maximum absolute atomic E-state index is 11.2. The molecule has 1 heterocycles. The second-order valence-electron chi connectivity index (χ2n) is 8.39. The maximum Gasteiger partial charge on any atom is 0.216 e. The van der Waals surface area contributed by atoms with Gasteiger partial charge < -0.3 is 10.5 Å². The Kier molecular flexibility index (Phi) is 5.80. The van der Waals surface area contributed by atoms with Crippen LogP contribution in [0.2, 0.25) is 5.02 Å². The average molecular weight is 427 g/mol. The molecular weight excluding hydrogens is 400 g/mol. The fourth-order valence-corrected chi connectivity index (χ4v) is 5.08. The minimum absolute atomic E-state index is 0.00306. The van der Waals surface area contributed by atoms with E-state index >= 15 is 0 Å². The van der Waals surface area contributed by atoms with Crippen LogP contribution in [0.3, 0.4) is 0 Å². The van der Waals surface area contributed by atoms with Gasteiger partial charge in [0.25, 0.3) is 0 Å². The zero-order valence-electron chi connectivity index (χ0n) is 17.3. The molecule has 6 nitrogen and oxygen atoms in total. The minimum atomic E-state index is -0.0974. The number of nitrogens with two attached hydrogens (primary N) is 1. The van der Waals surface area contributed by atoms with Crippen molar-refractivity contribution < 1.29 is 9.53 Å². The monoisotopic (exact) mass is 426 g/mol. The molecule has 7 heteroatoms. The molecule has 1 aromatic carbocycles. The molecule has 0 bridgehead atoms. The highest BCUT2D eigenvalue weighted by Crippen LogP contribution is 2.56. The highest BCUT2D eigenvalue weighted by atomic mass is 35.5. The van der Waals surface area contributed by atoms with Crippen molar-refractivity contribution in [3.63, 3.8) is 0 Å². The second kappa shape index (κ2) is 8.36. The Bertz CT molecular complexity index is 969. The van der Waals surface area contributed by atoms with E-state index in [1.54, 1.807) is 20.4 Å². The highest BCUT2D eigenvalue weighted by Gasteiger charge is 2.48. The normalized spacial score (nSPS) is 25.9. The maximum atomic E-state index is 11.2. The standard InChI is InChI=1S/C23H27ClN4O2/c1-28(14-29)22(25)27-21-20-10-15(17-9-18(24)13-26-12-17)3-4-16(20)11-23(21)7-5-19(30-2)6-8-23/h3-4,9-10,12-14,19,21H,5-8,11H2,1-2H3,(H2,25,27). The molecule has 30 heavy (non-hydrogen) atoms. The van der Waals surface area contributed by atoms with Crippen molar-refractivity contribution in [2.75, 3.05) is 14.2 Å². The molecule has 2 aliphatic carbocycles. The molecule has 0 radical (unpaired) electrons. The van der Waals surface area contributed by atoms with Crippen molar-refractivity contribution in [2.24, 2.45) is 16.1 Å². The molecule has 1 spiro atoms. The molecule has 1 unspecified atom stereocenters. The van der Waals surface area contributed by atoms with Crippen molar-refractivity contribution in [3.8, 4) is 11.1 Å². The van der Waals surface area contributed by atoms with Gasteiger partial charge in [-0.25, -0.2) is 4.99 Å². The van der Waals surface area contributed by atoms with Crippen molar-refractivity contribution in [3.05, 3.63) is 52.8 Å². The highest BCUT2D eigenvalue weighted by molar-refractivity contribution is 6.30. The first-order valence-electron chi connectivity index (χ1n) is 10.2. The van der Waals surface area contributed by atoms with Crippen LogP contribution in [0.1, 0.15) is 42.9 Å². The summed E-state index contributed by atoms with van der Waals surface area (Å²) in [6.45, 7) is 0. The van der Waals surface area contributed by atoms with Gasteiger partial charge in [0.2, 0.25) is 6.41 Å². The number of halogens is 1. The zero-order chi connectivity index (χ0) is 21.3. The molecule has 2 N–H and O–H groups in total. The fraction of sp³-hybridized carbons (Fsp3) is 0.435. The number of amides is 1. The Morgan fingerprint density at radius 1 is 1.30 bits per heavy atom. The molecule has 1 amide bonds. The molecule has 158 valence electrons. The van der Waals surface area contributed by atoms with Gasteiger partial charge in [-0.2, -0.15) is 0 Å². The van der Waals surface area contributed by atoms with E-state index in [1.165, 1.54) is 16.0 Å². The van der Waals surface area contributed by atoms with Crippen molar-refractivity contribution in [1.29, 1.82) is 0 Å². The van der Waals surface area contributed by atoms with E-state index in [0.717, 1.165) is 43.2 Å². The molecule has 1 aromatic heterocycles. The third-order valence-electron chi connectivity index (χ3n) is 6.64. The fourth-order valence-electron chi connectivity index (χ4n) is 4.90. The predicted octanol–water partition coefficient (Wildman–Crippen LogP) is 3.98. The van der Waals surface area contributed by atoms with E-state index in [9.17, 15) is 4.79 Å². The summed E-state index contributed by atoms with van der Waals surface area (Å²) in [4.78, 5) is 21.6. The third-order valence-corrected chi connectivity index (χ3v) is 6.85. The summed E-state index contributed by atoms with van der Waals surface area (Å²) in [6, 6.07) is 8.30. The van der Waals surface area contributed by atoms with Gasteiger partial charge in [-0.05, 0) is 60.9 Å². The lowest BCUT2D eigenvalue weighted by Crippen LogP contribution is -2.37. The lowest BCUT2D eigenvalue weighted by Gasteiger charge is -2.40. The largest absolute Gasteiger partial charge is 0.381 e. The van der Waals surface area contributed by atoms with Crippen molar-refractivity contribution in [2.45, 2.75) is 44.2 Å². The Balaban J connectivity index is 1.76. The summed E-state index contributed by atoms with van der Waals surface area (Å²) in [5.74, 6) is 0.242. The van der Waals surface area contributed by atoms with E-state index in [4.69, 9.17) is 27.1 Å². The lowest BCUT2D eigenvalue weighted by molar-refractivity contribution is -0.114. The summed E-state index contributed by atoms with van der Waals surface area (Å²) in [5, 5.41) is 0.605. The van der Waals surface area contributed by atoms with Gasteiger partial charge in [0, 0.05) is 37.5 Å². The SMILES string of the molecule is COC1CCC2(CC1)Cc1ccc(-c3cncc(Cl)c3)cc1C2N=C(N)N(C)C=O. The van der Waals surface area contributed by atoms with Gasteiger partial charge >= 0.3 is 0 Å². The summed E-state index contributed by atoms with van der Waals surface area (Å²) in [6.07, 6.45) is 9.43. The molecule has 2 aromatic rings. The number of nitrogens with zero attached hydrogens (tertiary/aromatic N) is 3. The van der Waals surface area contributed by atoms with Gasteiger partial charge in [-0.1, -0.05) is 23.7 Å². The molecule has 2 aliphatic rings. The Morgan fingerprint density at radius 2 is 2.07 bits per heavy atom. The summed E-state index contributed by atoms with van der Waals surface area (Å²) in [5.41, 5.74) is 10.6. The summed E-state index contributed by atoms with van der Waals surface area (Å²) in [7, 11) is 3.41. The van der Waals surface area contributed by atoms with E-state index in [2.05, 4.69) is 23.2 Å². The molecule has 0 aliphatic heterocycles. The number of aromatic nitrogens is 1. The number of ether oxygens (including phenoxy) is 1. The molecule has 0 saturated heterocycles. The van der Waals surface area contributed by atoms with Gasteiger partial charge in [-0.15, -0.1) is 0 Å². The Morgan fingerprint density at radius 3 is 2.73 bits per heavy atom. The smallest absolute Gasteiger partial charge is 0.216 e. The Hall–Kier alpha value is -2.44. The number of guanidine groups is 1. The van der Waals surface area contributed by atoms with Crippen LogP contribution in [-0.2, 0) is 16.0 Å². The summed E-state index contributed by atoms with van der Waals surface area (Å²) < 4.78 is 5.60.